The predicted octanol–water partition coefficient (Wildman–Crippen LogP) is 0.165. The summed E-state index contributed by atoms with van der Waals surface area (Å²) < 4.78 is 0. The van der Waals surface area contributed by atoms with E-state index in [-0.39, 0.29) is 5.92 Å². The summed E-state index contributed by atoms with van der Waals surface area (Å²) >= 11 is 0. The molecule has 17 heavy (non-hydrogen) atoms. The van der Waals surface area contributed by atoms with E-state index < -0.39 is 31.1 Å². The van der Waals surface area contributed by atoms with Crippen molar-refractivity contribution in [3.8, 4) is 0 Å². The molecule has 2 amide bonds. The third-order valence-corrected chi connectivity index (χ3v) is 1.89. The molecule has 0 unspecified atom stereocenters. The van der Waals surface area contributed by atoms with Gasteiger partial charge in [-0.3, -0.25) is 9.59 Å². The van der Waals surface area contributed by atoms with Gasteiger partial charge in [0.1, 0.15) is 13.1 Å². The van der Waals surface area contributed by atoms with Gasteiger partial charge in [0.05, 0.1) is 0 Å². The average molecular weight is 246 g/mol. The highest BCUT2D eigenvalue weighted by atomic mass is 16.4. The summed E-state index contributed by atoms with van der Waals surface area (Å²) in [6, 6.07) is -0.594. The predicted molar refractivity (Wildman–Crippen MR) is 59.7 cm³/mol. The minimum atomic E-state index is -1.24. The van der Waals surface area contributed by atoms with E-state index in [0.717, 1.165) is 4.90 Å². The Morgan fingerprint density at radius 2 is 1.47 bits per heavy atom. The maximum Gasteiger partial charge on any atom is 0.323 e. The van der Waals surface area contributed by atoms with E-state index in [4.69, 9.17) is 10.2 Å². The molecule has 0 fully saturated rings. The molecule has 2 N–H and O–H groups in total. The second kappa shape index (κ2) is 6.72. The van der Waals surface area contributed by atoms with Gasteiger partial charge in [0, 0.05) is 13.6 Å². The average Bonchev–Trinajstić information content (AvgIpc) is 2.12. The number of carbonyl (C=O) groups excluding carboxylic acids is 1. The molecule has 0 aromatic heterocycles. The van der Waals surface area contributed by atoms with Crippen LogP contribution in [0.3, 0.4) is 0 Å². The Kier molecular flexibility index (Phi) is 6.01. The number of carbonyl (C=O) groups is 3. The zero-order valence-electron chi connectivity index (χ0n) is 10.2. The first kappa shape index (κ1) is 15.2. The van der Waals surface area contributed by atoms with Crippen LogP contribution in [-0.4, -0.2) is 64.7 Å². The first-order valence-electron chi connectivity index (χ1n) is 5.17. The molecule has 7 nitrogen and oxygen atoms in total. The molecule has 0 saturated heterocycles. The molecule has 0 bridgehead atoms. The molecule has 0 aromatic carbocycles. The Morgan fingerprint density at radius 1 is 1.06 bits per heavy atom. The summed E-state index contributed by atoms with van der Waals surface area (Å²) in [4.78, 5) is 34.9. The molecule has 0 heterocycles. The minimum Gasteiger partial charge on any atom is -0.480 e. The number of rotatable bonds is 6. The van der Waals surface area contributed by atoms with Crippen LogP contribution in [0.25, 0.3) is 0 Å². The van der Waals surface area contributed by atoms with Crippen molar-refractivity contribution in [3.63, 3.8) is 0 Å². The molecule has 0 aliphatic heterocycles. The van der Waals surface area contributed by atoms with Crippen LogP contribution < -0.4 is 0 Å². The molecule has 98 valence electrons. The van der Waals surface area contributed by atoms with Crippen LogP contribution >= 0.6 is 0 Å². The van der Waals surface area contributed by atoms with Crippen LogP contribution in [0.4, 0.5) is 4.79 Å². The maximum atomic E-state index is 11.8. The van der Waals surface area contributed by atoms with Crippen molar-refractivity contribution < 1.29 is 24.6 Å². The number of aliphatic carboxylic acids is 2. The number of carboxylic acid groups (broad SMARTS) is 2. The lowest BCUT2D eigenvalue weighted by Gasteiger charge is -2.26. The van der Waals surface area contributed by atoms with Crippen LogP contribution in [0.1, 0.15) is 13.8 Å². The molecule has 0 aliphatic rings. The number of amides is 2. The van der Waals surface area contributed by atoms with Crippen molar-refractivity contribution in [1.29, 1.82) is 0 Å². The standard InChI is InChI=1S/C10H18N2O5/c1-7(2)4-11(3)10(17)12(5-8(13)14)6-9(15)16/h7H,4-6H2,1-3H3,(H,13,14)(H,15,16). The molecule has 0 atom stereocenters. The Bertz CT molecular complexity index is 287. The molecule has 0 rings (SSSR count). The van der Waals surface area contributed by atoms with Crippen molar-refractivity contribution in [3.05, 3.63) is 0 Å². The summed E-state index contributed by atoms with van der Waals surface area (Å²) in [5, 5.41) is 17.2. The van der Waals surface area contributed by atoms with E-state index in [9.17, 15) is 14.4 Å². The number of carboxylic acids is 2. The monoisotopic (exact) mass is 246 g/mol. The summed E-state index contributed by atoms with van der Waals surface area (Å²) in [5.74, 6) is -2.25. The lowest BCUT2D eigenvalue weighted by atomic mass is 10.2. The second-order valence-corrected chi connectivity index (χ2v) is 4.20. The molecular formula is C10H18N2O5. The second-order valence-electron chi connectivity index (χ2n) is 4.20. The zero-order valence-corrected chi connectivity index (χ0v) is 10.2. The van der Waals surface area contributed by atoms with Gasteiger partial charge in [-0.15, -0.1) is 0 Å². The highest BCUT2D eigenvalue weighted by Crippen LogP contribution is 2.01. The van der Waals surface area contributed by atoms with Crippen molar-refractivity contribution in [2.24, 2.45) is 5.92 Å². The van der Waals surface area contributed by atoms with E-state index in [1.54, 1.807) is 0 Å². The molecular weight excluding hydrogens is 228 g/mol. The molecule has 0 spiro atoms. The number of urea groups is 1. The van der Waals surface area contributed by atoms with Gasteiger partial charge in [-0.05, 0) is 5.92 Å². The highest BCUT2D eigenvalue weighted by molar-refractivity contribution is 5.84. The summed E-state index contributed by atoms with van der Waals surface area (Å²) in [5.41, 5.74) is 0. The van der Waals surface area contributed by atoms with Crippen molar-refractivity contribution >= 4 is 18.0 Å². The largest absolute Gasteiger partial charge is 0.480 e. The van der Waals surface area contributed by atoms with Gasteiger partial charge in [-0.1, -0.05) is 13.8 Å². The molecule has 0 aliphatic carbocycles. The Balaban J connectivity index is 4.61. The lowest BCUT2D eigenvalue weighted by molar-refractivity contribution is -0.140. The highest BCUT2D eigenvalue weighted by Gasteiger charge is 2.22. The van der Waals surface area contributed by atoms with Crippen LogP contribution in [-0.2, 0) is 9.59 Å². The van der Waals surface area contributed by atoms with E-state index >= 15 is 0 Å². The van der Waals surface area contributed by atoms with Crippen LogP contribution in [0.5, 0.6) is 0 Å². The van der Waals surface area contributed by atoms with E-state index in [2.05, 4.69) is 0 Å². The van der Waals surface area contributed by atoms with Crippen molar-refractivity contribution in [1.82, 2.24) is 9.80 Å². The van der Waals surface area contributed by atoms with Gasteiger partial charge < -0.3 is 20.0 Å². The molecule has 7 heteroatoms. The molecule has 0 radical (unpaired) electrons. The molecule has 0 saturated carbocycles. The first-order valence-corrected chi connectivity index (χ1v) is 5.17. The van der Waals surface area contributed by atoms with Gasteiger partial charge in [0.25, 0.3) is 0 Å². The minimum absolute atomic E-state index is 0.223. The van der Waals surface area contributed by atoms with Crippen LogP contribution in [0.2, 0.25) is 0 Å². The summed E-state index contributed by atoms with van der Waals surface area (Å²) in [6.45, 7) is 3.01. The van der Waals surface area contributed by atoms with Gasteiger partial charge >= 0.3 is 18.0 Å². The van der Waals surface area contributed by atoms with Crippen LogP contribution in [0, 0.1) is 5.92 Å². The fraction of sp³-hybridized carbons (Fsp3) is 0.700. The van der Waals surface area contributed by atoms with Crippen molar-refractivity contribution in [2.45, 2.75) is 13.8 Å². The molecule has 0 aromatic rings. The van der Waals surface area contributed by atoms with E-state index in [1.165, 1.54) is 11.9 Å². The third kappa shape index (κ3) is 6.39. The number of hydrogen-bond donors (Lipinski definition) is 2. The number of hydrogen-bond acceptors (Lipinski definition) is 3. The fourth-order valence-corrected chi connectivity index (χ4v) is 1.38. The van der Waals surface area contributed by atoms with Gasteiger partial charge in [-0.2, -0.15) is 0 Å². The Morgan fingerprint density at radius 3 is 1.76 bits per heavy atom. The topological polar surface area (TPSA) is 98.2 Å². The summed E-state index contributed by atoms with van der Waals surface area (Å²) in [6.07, 6.45) is 0. The quantitative estimate of drug-likeness (QED) is 0.696. The SMILES string of the molecule is CC(C)CN(C)C(=O)N(CC(=O)O)CC(=O)O. The smallest absolute Gasteiger partial charge is 0.323 e. The zero-order chi connectivity index (χ0) is 13.6. The fourth-order valence-electron chi connectivity index (χ4n) is 1.38. The Hall–Kier alpha value is -1.79. The first-order chi connectivity index (χ1) is 7.73. The van der Waals surface area contributed by atoms with E-state index in [0.29, 0.717) is 6.54 Å². The third-order valence-electron chi connectivity index (χ3n) is 1.89. The lowest BCUT2D eigenvalue weighted by Crippen LogP contribution is -2.46. The summed E-state index contributed by atoms with van der Waals surface area (Å²) in [7, 11) is 1.51. The van der Waals surface area contributed by atoms with Gasteiger partial charge in [-0.25, -0.2) is 4.79 Å². The van der Waals surface area contributed by atoms with Gasteiger partial charge in [0.2, 0.25) is 0 Å². The maximum absolute atomic E-state index is 11.8. The van der Waals surface area contributed by atoms with Crippen LogP contribution in [0.15, 0.2) is 0 Å². The van der Waals surface area contributed by atoms with Gasteiger partial charge in [0.15, 0.2) is 0 Å². The van der Waals surface area contributed by atoms with E-state index in [1.807, 2.05) is 13.8 Å². The Labute approximate surface area is 99.6 Å². The number of nitrogens with zero attached hydrogens (tertiary/aromatic N) is 2. The normalized spacial score (nSPS) is 10.1. The van der Waals surface area contributed by atoms with Crippen molar-refractivity contribution in [2.75, 3.05) is 26.7 Å².